The number of rotatable bonds is 4. The number of anilines is 1. The van der Waals surface area contributed by atoms with E-state index >= 15 is 0 Å². The summed E-state index contributed by atoms with van der Waals surface area (Å²) in [5.74, 6) is 1.84. The van der Waals surface area contributed by atoms with Crippen LogP contribution in [0.1, 0.15) is 23.7 Å². The Labute approximate surface area is 128 Å². The van der Waals surface area contributed by atoms with Gasteiger partial charge in [0, 0.05) is 43.2 Å². The van der Waals surface area contributed by atoms with Crippen molar-refractivity contribution in [2.75, 3.05) is 36.5 Å². The monoisotopic (exact) mass is 309 g/mol. The molecule has 0 radical (unpaired) electrons. The van der Waals surface area contributed by atoms with Crippen LogP contribution in [0, 0.1) is 10.1 Å². The third-order valence-corrected chi connectivity index (χ3v) is 4.37. The molecule has 114 valence electrons. The number of carbonyl (C=O) groups is 1. The lowest BCUT2D eigenvalue weighted by atomic mass is 10.1. The van der Waals surface area contributed by atoms with Crippen molar-refractivity contribution in [2.45, 2.75) is 13.3 Å². The van der Waals surface area contributed by atoms with Gasteiger partial charge in [-0.1, -0.05) is 0 Å². The van der Waals surface area contributed by atoms with Crippen molar-refractivity contribution in [1.29, 1.82) is 0 Å². The van der Waals surface area contributed by atoms with Gasteiger partial charge >= 0.3 is 0 Å². The first-order valence-electron chi connectivity index (χ1n) is 7.02. The number of carbonyl (C=O) groups excluding carboxylic acids is 1. The fourth-order valence-corrected chi connectivity index (χ4v) is 3.17. The normalized spacial score (nSPS) is 15.4. The Bertz CT molecular complexity index is 528. The highest BCUT2D eigenvalue weighted by Gasteiger charge is 2.22. The zero-order valence-corrected chi connectivity index (χ0v) is 12.8. The molecular weight excluding hydrogens is 290 g/mol. The Kier molecular flexibility index (Phi) is 5.44. The summed E-state index contributed by atoms with van der Waals surface area (Å²) in [6.07, 6.45) is 0.960. The van der Waals surface area contributed by atoms with Crippen molar-refractivity contribution < 1.29 is 9.72 Å². The van der Waals surface area contributed by atoms with Gasteiger partial charge in [0.15, 0.2) is 0 Å². The summed E-state index contributed by atoms with van der Waals surface area (Å²) in [5.41, 5.74) is 0.993. The van der Waals surface area contributed by atoms with Gasteiger partial charge in [0.1, 0.15) is 0 Å². The minimum atomic E-state index is -0.467. The lowest BCUT2D eigenvalue weighted by molar-refractivity contribution is -0.384. The first-order valence-corrected chi connectivity index (χ1v) is 8.18. The van der Waals surface area contributed by atoms with E-state index in [2.05, 4.69) is 5.32 Å². The van der Waals surface area contributed by atoms with E-state index in [1.165, 1.54) is 12.1 Å². The minimum absolute atomic E-state index is 0.0517. The maximum atomic E-state index is 12.7. The summed E-state index contributed by atoms with van der Waals surface area (Å²) < 4.78 is 0. The van der Waals surface area contributed by atoms with Gasteiger partial charge in [-0.25, -0.2) is 0 Å². The fourth-order valence-electron chi connectivity index (χ4n) is 2.29. The molecule has 1 N–H and O–H groups in total. The fraction of sp³-hybridized carbons (Fsp3) is 0.500. The zero-order valence-electron chi connectivity index (χ0n) is 12.0. The van der Waals surface area contributed by atoms with Gasteiger partial charge in [-0.3, -0.25) is 14.9 Å². The van der Waals surface area contributed by atoms with Crippen LogP contribution in [0.3, 0.4) is 0 Å². The number of nitrogens with zero attached hydrogens (tertiary/aromatic N) is 2. The number of non-ortho nitro benzene ring substituents is 1. The van der Waals surface area contributed by atoms with Gasteiger partial charge in [0.05, 0.1) is 10.5 Å². The highest BCUT2D eigenvalue weighted by molar-refractivity contribution is 7.99. The molecule has 6 nitrogen and oxygen atoms in total. The molecule has 1 aliphatic heterocycles. The molecule has 1 aliphatic rings. The summed E-state index contributed by atoms with van der Waals surface area (Å²) >= 11 is 1.84. The first-order chi connectivity index (χ1) is 10.1. The number of amides is 1. The second-order valence-corrected chi connectivity index (χ2v) is 6.00. The highest BCUT2D eigenvalue weighted by Crippen LogP contribution is 2.24. The van der Waals surface area contributed by atoms with Crippen molar-refractivity contribution in [3.8, 4) is 0 Å². The first kappa shape index (κ1) is 15.6. The van der Waals surface area contributed by atoms with Crippen LogP contribution in [-0.2, 0) is 0 Å². The van der Waals surface area contributed by atoms with Crippen LogP contribution in [0.5, 0.6) is 0 Å². The third kappa shape index (κ3) is 3.87. The van der Waals surface area contributed by atoms with Crippen molar-refractivity contribution >= 4 is 29.0 Å². The predicted molar refractivity (Wildman–Crippen MR) is 85.1 cm³/mol. The van der Waals surface area contributed by atoms with Gasteiger partial charge in [0.25, 0.3) is 11.6 Å². The van der Waals surface area contributed by atoms with E-state index in [0.717, 1.165) is 17.9 Å². The summed E-state index contributed by atoms with van der Waals surface area (Å²) in [6.45, 7) is 3.99. The van der Waals surface area contributed by atoms with Crippen LogP contribution in [-0.4, -0.2) is 46.9 Å². The zero-order chi connectivity index (χ0) is 15.2. The lowest BCUT2D eigenvalue weighted by Crippen LogP contribution is -2.33. The van der Waals surface area contributed by atoms with Crippen molar-refractivity contribution in [3.63, 3.8) is 0 Å². The number of nitrogens with one attached hydrogen (secondary N) is 1. The number of thioether (sulfide) groups is 1. The Hall–Kier alpha value is -1.76. The van der Waals surface area contributed by atoms with Gasteiger partial charge in [-0.15, -0.1) is 0 Å². The molecule has 0 spiro atoms. The molecule has 0 atom stereocenters. The number of benzene rings is 1. The molecule has 1 amide bonds. The standard InChI is InChI=1S/C14H19N3O3S/c1-2-15-13-5-4-11(17(19)20)10-12(13)14(18)16-6-3-8-21-9-7-16/h4-5,10,15H,2-3,6-9H2,1H3. The van der Waals surface area contributed by atoms with Gasteiger partial charge < -0.3 is 10.2 Å². The van der Waals surface area contributed by atoms with Gasteiger partial charge in [-0.05, 0) is 25.2 Å². The lowest BCUT2D eigenvalue weighted by Gasteiger charge is -2.21. The van der Waals surface area contributed by atoms with Gasteiger partial charge in [0.2, 0.25) is 0 Å². The van der Waals surface area contributed by atoms with E-state index in [-0.39, 0.29) is 11.6 Å². The average Bonchev–Trinajstić information content (AvgIpc) is 2.76. The Morgan fingerprint density at radius 1 is 1.43 bits per heavy atom. The molecular formula is C14H19N3O3S. The molecule has 0 saturated carbocycles. The smallest absolute Gasteiger partial charge is 0.270 e. The molecule has 1 fully saturated rings. The average molecular weight is 309 g/mol. The topological polar surface area (TPSA) is 75.5 Å². The molecule has 1 aromatic carbocycles. The van der Waals surface area contributed by atoms with Crippen molar-refractivity contribution in [3.05, 3.63) is 33.9 Å². The van der Waals surface area contributed by atoms with E-state index in [1.807, 2.05) is 18.7 Å². The molecule has 1 aromatic rings. The van der Waals surface area contributed by atoms with Gasteiger partial charge in [-0.2, -0.15) is 11.8 Å². The Morgan fingerprint density at radius 2 is 2.24 bits per heavy atom. The largest absolute Gasteiger partial charge is 0.385 e. The number of nitro groups is 1. The number of nitro benzene ring substituents is 1. The Balaban J connectivity index is 2.31. The summed E-state index contributed by atoms with van der Waals surface area (Å²) in [7, 11) is 0. The molecule has 1 saturated heterocycles. The van der Waals surface area contributed by atoms with E-state index in [9.17, 15) is 14.9 Å². The summed E-state index contributed by atoms with van der Waals surface area (Å²) in [5, 5.41) is 14.0. The third-order valence-electron chi connectivity index (χ3n) is 3.32. The van der Waals surface area contributed by atoms with Crippen LogP contribution in [0.25, 0.3) is 0 Å². The second-order valence-electron chi connectivity index (χ2n) is 4.78. The number of hydrogen-bond acceptors (Lipinski definition) is 5. The second kappa shape index (κ2) is 7.31. The van der Waals surface area contributed by atoms with Crippen LogP contribution >= 0.6 is 11.8 Å². The van der Waals surface area contributed by atoms with E-state index in [4.69, 9.17) is 0 Å². The molecule has 0 bridgehead atoms. The van der Waals surface area contributed by atoms with E-state index in [0.29, 0.717) is 30.9 Å². The predicted octanol–water partition coefficient (Wildman–Crippen LogP) is 2.61. The van der Waals surface area contributed by atoms with Crippen LogP contribution in [0.2, 0.25) is 0 Å². The molecule has 7 heteroatoms. The molecule has 1 heterocycles. The maximum absolute atomic E-state index is 12.7. The SMILES string of the molecule is CCNc1ccc([N+](=O)[O-])cc1C(=O)N1CCCSCC1. The molecule has 0 unspecified atom stereocenters. The summed E-state index contributed by atoms with van der Waals surface area (Å²) in [6, 6.07) is 4.41. The van der Waals surface area contributed by atoms with Crippen LogP contribution in [0.4, 0.5) is 11.4 Å². The van der Waals surface area contributed by atoms with E-state index < -0.39 is 4.92 Å². The van der Waals surface area contributed by atoms with E-state index in [1.54, 1.807) is 11.0 Å². The molecule has 0 aromatic heterocycles. The molecule has 21 heavy (non-hydrogen) atoms. The quantitative estimate of drug-likeness (QED) is 0.683. The van der Waals surface area contributed by atoms with Crippen LogP contribution in [0.15, 0.2) is 18.2 Å². The molecule has 0 aliphatic carbocycles. The summed E-state index contributed by atoms with van der Waals surface area (Å²) in [4.78, 5) is 24.9. The van der Waals surface area contributed by atoms with Crippen LogP contribution < -0.4 is 5.32 Å². The minimum Gasteiger partial charge on any atom is -0.385 e. The van der Waals surface area contributed by atoms with Crippen molar-refractivity contribution in [1.82, 2.24) is 4.90 Å². The highest BCUT2D eigenvalue weighted by atomic mass is 32.2. The maximum Gasteiger partial charge on any atom is 0.270 e. The number of hydrogen-bond donors (Lipinski definition) is 1. The Morgan fingerprint density at radius 3 is 2.95 bits per heavy atom. The van der Waals surface area contributed by atoms with Crippen molar-refractivity contribution in [2.24, 2.45) is 0 Å². The molecule has 2 rings (SSSR count).